The summed E-state index contributed by atoms with van der Waals surface area (Å²) < 4.78 is 16.6. The van der Waals surface area contributed by atoms with Crippen LogP contribution in [0.4, 0.5) is 34.1 Å². The van der Waals surface area contributed by atoms with Crippen molar-refractivity contribution in [1.29, 1.82) is 0 Å². The Morgan fingerprint density at radius 1 is 0.344 bits per heavy atom. The molecule has 0 saturated carbocycles. The number of hydrogen-bond acceptors (Lipinski definition) is 4. The Morgan fingerprint density at radius 3 is 1.26 bits per heavy atom. The van der Waals surface area contributed by atoms with Crippen LogP contribution < -0.4 is 42.6 Å². The summed E-state index contributed by atoms with van der Waals surface area (Å²) in [6.45, 7) is -0.103. The third kappa shape index (κ3) is 3.55. The Labute approximate surface area is 349 Å². The highest BCUT2D eigenvalue weighted by Crippen LogP contribution is 2.51. The molecule has 0 spiro atoms. The molecule has 9 aromatic carbocycles. The van der Waals surface area contributed by atoms with Crippen molar-refractivity contribution in [3.8, 4) is 5.69 Å². The van der Waals surface area contributed by atoms with Crippen LogP contribution in [0.1, 0.15) is 0 Å². The van der Waals surface area contributed by atoms with Crippen LogP contribution in [0.25, 0.3) is 71.4 Å². The molecule has 0 N–H and O–H groups in total. The van der Waals surface area contributed by atoms with Crippen LogP contribution in [0, 0.1) is 0 Å². The van der Waals surface area contributed by atoms with E-state index in [1.165, 1.54) is 83.0 Å². The second-order valence-electron chi connectivity index (χ2n) is 17.1. The standard InChI is InChI=1S/C54H29B2N3O2/c1-3-15-30(16-4-1)57-38-23-11-9-21-34(38)55-36-27-44-46(32-19-7-13-25-42(32)60-44)48-49-47-33-20-8-14-26-43(33)61-45(47)28-37-53(49)59(52(36)48)54-50(55)40(57)29-41-51(54)56(37)35-22-10-12-24-39(35)58(41)31-17-5-2-6-18-31/h1-29H. The SMILES string of the molecule is c1ccc(N2c3ccccc3B3c4c2cc2c5c4-n4c6c3cc3oc7ccccc7c3c6c3c6c(cc(c34)B5c3ccccc3N2c2ccccc2)oc2ccccc26)cc1. The van der Waals surface area contributed by atoms with E-state index in [0.717, 1.165) is 55.3 Å². The first-order valence-electron chi connectivity index (χ1n) is 21.2. The monoisotopic (exact) mass is 773 g/mol. The number of nitrogens with zero attached hydrogens (tertiary/aromatic N) is 3. The normalized spacial score (nSPS) is 14.1. The van der Waals surface area contributed by atoms with Crippen LogP contribution in [0.15, 0.2) is 185 Å². The number of hydrogen-bond donors (Lipinski definition) is 0. The summed E-state index contributed by atoms with van der Waals surface area (Å²) in [4.78, 5) is 5.03. The van der Waals surface area contributed by atoms with E-state index in [9.17, 15) is 0 Å². The molecule has 0 bridgehead atoms. The molecule has 5 nitrogen and oxygen atoms in total. The van der Waals surface area contributed by atoms with Crippen molar-refractivity contribution in [3.63, 3.8) is 0 Å². The van der Waals surface area contributed by atoms with Gasteiger partial charge in [-0.25, -0.2) is 0 Å². The predicted molar refractivity (Wildman–Crippen MR) is 254 cm³/mol. The fourth-order valence-corrected chi connectivity index (χ4v) is 12.2. The molecule has 0 aliphatic carbocycles. The molecule has 3 aromatic heterocycles. The van der Waals surface area contributed by atoms with Gasteiger partial charge in [-0.05, 0) is 99.5 Å². The molecule has 0 fully saturated rings. The highest BCUT2D eigenvalue weighted by atomic mass is 16.3. The fraction of sp³-hybridized carbons (Fsp3) is 0. The van der Waals surface area contributed by atoms with Crippen LogP contribution in [-0.2, 0) is 0 Å². The lowest BCUT2D eigenvalue weighted by molar-refractivity contribution is 0.669. The molecular formula is C54H29B2N3O2. The van der Waals surface area contributed by atoms with E-state index in [1.807, 2.05) is 0 Å². The number of benzene rings is 9. The largest absolute Gasteiger partial charge is 0.456 e. The first-order chi connectivity index (χ1) is 30.3. The van der Waals surface area contributed by atoms with Crippen LogP contribution >= 0.6 is 0 Å². The van der Waals surface area contributed by atoms with Gasteiger partial charge >= 0.3 is 0 Å². The predicted octanol–water partition coefficient (Wildman–Crippen LogP) is 9.81. The second kappa shape index (κ2) is 10.6. The van der Waals surface area contributed by atoms with Gasteiger partial charge in [-0.1, -0.05) is 109 Å². The highest BCUT2D eigenvalue weighted by Gasteiger charge is 2.51. The zero-order chi connectivity index (χ0) is 39.2. The van der Waals surface area contributed by atoms with E-state index >= 15 is 0 Å². The van der Waals surface area contributed by atoms with Gasteiger partial charge in [0, 0.05) is 72.1 Å². The summed E-state index contributed by atoms with van der Waals surface area (Å²) in [6, 6.07) is 64.4. The van der Waals surface area contributed by atoms with Gasteiger partial charge < -0.3 is 23.2 Å². The molecule has 0 saturated heterocycles. The fourth-order valence-electron chi connectivity index (χ4n) is 12.2. The third-order valence-corrected chi connectivity index (χ3v) is 14.3. The van der Waals surface area contributed by atoms with Crippen molar-refractivity contribution >= 4 is 146 Å². The van der Waals surface area contributed by atoms with Gasteiger partial charge in [-0.15, -0.1) is 0 Å². The molecular weight excluding hydrogens is 744 g/mol. The molecule has 61 heavy (non-hydrogen) atoms. The van der Waals surface area contributed by atoms with Crippen LogP contribution in [0.5, 0.6) is 0 Å². The maximum absolute atomic E-state index is 6.95. The van der Waals surface area contributed by atoms with E-state index in [1.54, 1.807) is 0 Å². The van der Waals surface area contributed by atoms with E-state index in [0.29, 0.717) is 0 Å². The Morgan fingerprint density at radius 2 is 0.770 bits per heavy atom. The van der Waals surface area contributed by atoms with Gasteiger partial charge in [0.25, 0.3) is 13.4 Å². The first kappa shape index (κ1) is 31.1. The minimum atomic E-state index is -0.0514. The van der Waals surface area contributed by atoms with Gasteiger partial charge in [0.2, 0.25) is 0 Å². The van der Waals surface area contributed by atoms with Crippen molar-refractivity contribution in [1.82, 2.24) is 4.57 Å². The van der Waals surface area contributed by atoms with Gasteiger partial charge in [0.15, 0.2) is 0 Å². The Bertz CT molecular complexity index is 3730. The van der Waals surface area contributed by atoms with Crippen molar-refractivity contribution in [2.45, 2.75) is 0 Å². The minimum Gasteiger partial charge on any atom is -0.456 e. The van der Waals surface area contributed by atoms with E-state index in [4.69, 9.17) is 8.83 Å². The summed E-state index contributed by atoms with van der Waals surface area (Å²) in [5, 5.41) is 7.08. The number of anilines is 6. The molecule has 12 aromatic rings. The maximum Gasteiger partial charge on any atom is 0.252 e. The lowest BCUT2D eigenvalue weighted by Gasteiger charge is -2.46. The molecule has 4 aliphatic rings. The lowest BCUT2D eigenvalue weighted by Crippen LogP contribution is -2.67. The first-order valence-corrected chi connectivity index (χ1v) is 21.2. The zero-order valence-electron chi connectivity index (χ0n) is 32.6. The Balaban J connectivity index is 1.22. The van der Waals surface area contributed by atoms with E-state index in [2.05, 4.69) is 190 Å². The Kier molecular flexibility index (Phi) is 5.42. The number of para-hydroxylation sites is 6. The smallest absolute Gasteiger partial charge is 0.252 e. The van der Waals surface area contributed by atoms with Crippen LogP contribution in [0.3, 0.4) is 0 Å². The van der Waals surface area contributed by atoms with Crippen molar-refractivity contribution in [3.05, 3.63) is 176 Å². The average Bonchev–Trinajstić information content (AvgIpc) is 3.99. The second-order valence-corrected chi connectivity index (χ2v) is 17.1. The molecule has 0 atom stereocenters. The van der Waals surface area contributed by atoms with Crippen molar-refractivity contribution in [2.75, 3.05) is 9.80 Å². The molecule has 0 radical (unpaired) electrons. The molecule has 7 heteroatoms. The molecule has 0 unspecified atom stereocenters. The molecule has 278 valence electrons. The quantitative estimate of drug-likeness (QED) is 0.164. The van der Waals surface area contributed by atoms with Gasteiger partial charge in [0.1, 0.15) is 22.3 Å². The summed E-state index contributed by atoms with van der Waals surface area (Å²) in [5.41, 5.74) is 22.3. The van der Waals surface area contributed by atoms with Crippen molar-refractivity contribution in [2.24, 2.45) is 0 Å². The summed E-state index contributed by atoms with van der Waals surface area (Å²) >= 11 is 0. The number of aromatic nitrogens is 1. The maximum atomic E-state index is 6.95. The number of furan rings is 2. The summed E-state index contributed by atoms with van der Waals surface area (Å²) in [6.07, 6.45) is 0. The van der Waals surface area contributed by atoms with Crippen molar-refractivity contribution < 1.29 is 8.83 Å². The molecule has 16 rings (SSSR count). The van der Waals surface area contributed by atoms with Crippen LogP contribution in [-0.4, -0.2) is 18.0 Å². The minimum absolute atomic E-state index is 0.0514. The Hall–Kier alpha value is -7.89. The zero-order valence-corrected chi connectivity index (χ0v) is 32.6. The van der Waals surface area contributed by atoms with Gasteiger partial charge in [-0.2, -0.15) is 0 Å². The topological polar surface area (TPSA) is 37.7 Å². The van der Waals surface area contributed by atoms with Gasteiger partial charge in [-0.3, -0.25) is 0 Å². The molecule has 7 heterocycles. The number of rotatable bonds is 2. The van der Waals surface area contributed by atoms with E-state index in [-0.39, 0.29) is 13.4 Å². The highest BCUT2D eigenvalue weighted by molar-refractivity contribution is 7.04. The molecule has 4 aliphatic heterocycles. The van der Waals surface area contributed by atoms with Gasteiger partial charge in [0.05, 0.1) is 11.0 Å². The third-order valence-electron chi connectivity index (χ3n) is 14.3. The molecule has 0 amide bonds. The summed E-state index contributed by atoms with van der Waals surface area (Å²) in [7, 11) is 0. The average molecular weight is 773 g/mol. The number of fused-ring (bicyclic) bond motifs is 15. The lowest BCUT2D eigenvalue weighted by atomic mass is 9.29. The van der Waals surface area contributed by atoms with Crippen LogP contribution in [0.2, 0.25) is 0 Å². The summed E-state index contributed by atoms with van der Waals surface area (Å²) in [5.74, 6) is 0. The van der Waals surface area contributed by atoms with E-state index < -0.39 is 0 Å².